The van der Waals surface area contributed by atoms with E-state index in [4.69, 9.17) is 4.74 Å². The highest BCUT2D eigenvalue weighted by molar-refractivity contribution is 6.07. The fourth-order valence-electron chi connectivity index (χ4n) is 2.95. The van der Waals surface area contributed by atoms with Crippen LogP contribution in [-0.4, -0.2) is 27.0 Å². The maximum Gasteiger partial charge on any atom is 0.274 e. The van der Waals surface area contributed by atoms with Crippen molar-refractivity contribution in [3.8, 4) is 5.75 Å². The third-order valence-electron chi connectivity index (χ3n) is 4.25. The molecule has 4 aromatic rings. The third kappa shape index (κ3) is 4.52. The van der Waals surface area contributed by atoms with Crippen molar-refractivity contribution in [3.05, 3.63) is 78.8 Å². The van der Waals surface area contributed by atoms with Gasteiger partial charge in [0.1, 0.15) is 11.4 Å². The number of amides is 1. The first kappa shape index (κ1) is 19.3. The lowest BCUT2D eigenvalue weighted by molar-refractivity contribution is 0.102. The number of pyridine rings is 1. The quantitative estimate of drug-likeness (QED) is 0.484. The molecule has 150 valence electrons. The maximum atomic E-state index is 12.7. The minimum Gasteiger partial charge on any atom is -0.491 e. The minimum atomic E-state index is -0.334. The highest BCUT2D eigenvalue weighted by Gasteiger charge is 2.12. The second-order valence-electron chi connectivity index (χ2n) is 6.92. The van der Waals surface area contributed by atoms with Crippen LogP contribution >= 0.6 is 0 Å². The zero-order valence-corrected chi connectivity index (χ0v) is 16.7. The summed E-state index contributed by atoms with van der Waals surface area (Å²) in [5.74, 6) is 0.781. The topological polar surface area (TPSA) is 89.0 Å². The molecule has 1 amide bonds. The van der Waals surface area contributed by atoms with Crippen molar-refractivity contribution >= 4 is 34.1 Å². The van der Waals surface area contributed by atoms with Crippen LogP contribution in [0.1, 0.15) is 24.3 Å². The van der Waals surface area contributed by atoms with Gasteiger partial charge in [-0.2, -0.15) is 0 Å². The molecule has 0 aliphatic carbocycles. The highest BCUT2D eigenvalue weighted by Crippen LogP contribution is 2.22. The van der Waals surface area contributed by atoms with Crippen molar-refractivity contribution in [2.45, 2.75) is 20.0 Å². The van der Waals surface area contributed by atoms with Crippen LogP contribution in [0.3, 0.4) is 0 Å². The van der Waals surface area contributed by atoms with Gasteiger partial charge >= 0.3 is 0 Å². The van der Waals surface area contributed by atoms with Crippen LogP contribution in [0.15, 0.2) is 73.1 Å². The lowest BCUT2D eigenvalue weighted by Gasteiger charge is -2.11. The van der Waals surface area contributed by atoms with Gasteiger partial charge in [0.2, 0.25) is 5.95 Å². The fraction of sp³-hybridized carbons (Fsp3) is 0.130. The number of nitrogens with one attached hydrogen (secondary N) is 2. The number of aromatic nitrogens is 3. The molecule has 2 aromatic carbocycles. The molecule has 4 rings (SSSR count). The van der Waals surface area contributed by atoms with Crippen molar-refractivity contribution in [2.24, 2.45) is 0 Å². The van der Waals surface area contributed by atoms with Gasteiger partial charge in [0.25, 0.3) is 5.91 Å². The van der Waals surface area contributed by atoms with Gasteiger partial charge in [-0.05, 0) is 56.3 Å². The molecule has 7 nitrogen and oxygen atoms in total. The van der Waals surface area contributed by atoms with E-state index < -0.39 is 0 Å². The number of nitrogens with zero attached hydrogens (tertiary/aromatic N) is 3. The number of hydrogen-bond acceptors (Lipinski definition) is 6. The Bertz CT molecular complexity index is 1170. The van der Waals surface area contributed by atoms with Crippen LogP contribution < -0.4 is 15.4 Å². The van der Waals surface area contributed by atoms with E-state index in [0.29, 0.717) is 11.6 Å². The van der Waals surface area contributed by atoms with Gasteiger partial charge in [-0.25, -0.2) is 9.97 Å². The number of carbonyl (C=O) groups is 1. The Labute approximate surface area is 174 Å². The van der Waals surface area contributed by atoms with Gasteiger partial charge in [-0.15, -0.1) is 0 Å². The number of carbonyl (C=O) groups excluding carboxylic acids is 1. The molecule has 0 aliphatic rings. The first-order valence-electron chi connectivity index (χ1n) is 9.60. The monoisotopic (exact) mass is 399 g/mol. The predicted octanol–water partition coefficient (Wildman–Crippen LogP) is 4.81. The van der Waals surface area contributed by atoms with E-state index in [-0.39, 0.29) is 17.7 Å². The first-order chi connectivity index (χ1) is 14.6. The normalized spacial score (nSPS) is 10.8. The van der Waals surface area contributed by atoms with E-state index in [1.54, 1.807) is 18.5 Å². The summed E-state index contributed by atoms with van der Waals surface area (Å²) in [5, 5.41) is 6.93. The van der Waals surface area contributed by atoms with Crippen LogP contribution in [0.2, 0.25) is 0 Å². The molecule has 2 N–H and O–H groups in total. The third-order valence-corrected chi connectivity index (χ3v) is 4.25. The van der Waals surface area contributed by atoms with Crippen LogP contribution in [0.5, 0.6) is 5.75 Å². The summed E-state index contributed by atoms with van der Waals surface area (Å²) in [5.41, 5.74) is 2.40. The van der Waals surface area contributed by atoms with Gasteiger partial charge in [-0.1, -0.05) is 18.2 Å². The Morgan fingerprint density at radius 3 is 2.53 bits per heavy atom. The Morgan fingerprint density at radius 2 is 1.73 bits per heavy atom. The van der Waals surface area contributed by atoms with Crippen LogP contribution in [0.25, 0.3) is 10.9 Å². The van der Waals surface area contributed by atoms with E-state index in [1.165, 1.54) is 0 Å². The molecule has 0 aliphatic heterocycles. The van der Waals surface area contributed by atoms with Crippen LogP contribution in [0, 0.1) is 0 Å². The van der Waals surface area contributed by atoms with Gasteiger partial charge in [-0.3, -0.25) is 9.78 Å². The minimum absolute atomic E-state index is 0.110. The molecule has 0 spiro atoms. The second kappa shape index (κ2) is 8.57. The maximum absolute atomic E-state index is 12.7. The molecule has 0 bridgehead atoms. The summed E-state index contributed by atoms with van der Waals surface area (Å²) in [7, 11) is 0. The van der Waals surface area contributed by atoms with Gasteiger partial charge in [0, 0.05) is 23.5 Å². The summed E-state index contributed by atoms with van der Waals surface area (Å²) in [6.45, 7) is 3.95. The summed E-state index contributed by atoms with van der Waals surface area (Å²) in [6.07, 6.45) is 3.35. The zero-order valence-electron chi connectivity index (χ0n) is 16.7. The molecule has 2 aromatic heterocycles. The van der Waals surface area contributed by atoms with E-state index in [1.807, 2.05) is 68.4 Å². The number of para-hydroxylation sites is 1. The number of ether oxygens (including phenoxy) is 1. The number of rotatable bonds is 6. The molecule has 0 unspecified atom stereocenters. The first-order valence-corrected chi connectivity index (χ1v) is 9.60. The smallest absolute Gasteiger partial charge is 0.274 e. The van der Waals surface area contributed by atoms with Crippen LogP contribution in [0.4, 0.5) is 17.3 Å². The van der Waals surface area contributed by atoms with Gasteiger partial charge in [0.15, 0.2) is 0 Å². The largest absolute Gasteiger partial charge is 0.491 e. The van der Waals surface area contributed by atoms with E-state index in [9.17, 15) is 4.79 Å². The van der Waals surface area contributed by atoms with Crippen molar-refractivity contribution in [1.82, 2.24) is 15.0 Å². The Hall–Kier alpha value is -4.00. The van der Waals surface area contributed by atoms with Crippen LogP contribution in [-0.2, 0) is 0 Å². The molecule has 0 fully saturated rings. The fourth-order valence-corrected chi connectivity index (χ4v) is 2.95. The molecular formula is C23H21N5O2. The second-order valence-corrected chi connectivity index (χ2v) is 6.92. The summed E-state index contributed by atoms with van der Waals surface area (Å²) >= 11 is 0. The molecule has 2 heterocycles. The highest BCUT2D eigenvalue weighted by atomic mass is 16.5. The summed E-state index contributed by atoms with van der Waals surface area (Å²) < 4.78 is 5.64. The zero-order chi connectivity index (χ0) is 20.9. The number of anilines is 3. The van der Waals surface area contributed by atoms with E-state index >= 15 is 0 Å². The number of fused-ring (bicyclic) bond motifs is 1. The average molecular weight is 399 g/mol. The Morgan fingerprint density at radius 1 is 0.933 bits per heavy atom. The van der Waals surface area contributed by atoms with Crippen molar-refractivity contribution in [2.75, 3.05) is 10.6 Å². The molecule has 0 saturated heterocycles. The Balaban J connectivity index is 1.49. The molecule has 0 radical (unpaired) electrons. The lowest BCUT2D eigenvalue weighted by atomic mass is 10.2. The average Bonchev–Trinajstić information content (AvgIpc) is 2.75. The van der Waals surface area contributed by atoms with Crippen molar-refractivity contribution in [1.29, 1.82) is 0 Å². The Kier molecular flexibility index (Phi) is 5.52. The molecule has 0 atom stereocenters. The van der Waals surface area contributed by atoms with E-state index in [2.05, 4.69) is 25.6 Å². The number of benzene rings is 2. The van der Waals surface area contributed by atoms with Crippen molar-refractivity contribution in [3.63, 3.8) is 0 Å². The van der Waals surface area contributed by atoms with Gasteiger partial charge in [0.05, 0.1) is 17.3 Å². The van der Waals surface area contributed by atoms with Crippen molar-refractivity contribution < 1.29 is 9.53 Å². The number of hydrogen-bond donors (Lipinski definition) is 2. The van der Waals surface area contributed by atoms with Gasteiger partial charge < -0.3 is 15.4 Å². The molecule has 7 heteroatoms. The molecule has 0 saturated carbocycles. The lowest BCUT2D eigenvalue weighted by Crippen LogP contribution is -2.15. The van der Waals surface area contributed by atoms with E-state index in [0.717, 1.165) is 22.3 Å². The summed E-state index contributed by atoms with van der Waals surface area (Å²) in [6, 6.07) is 18.5. The molecular weight excluding hydrogens is 378 g/mol. The predicted molar refractivity (Wildman–Crippen MR) is 117 cm³/mol. The summed E-state index contributed by atoms with van der Waals surface area (Å²) in [4.78, 5) is 25.6. The molecule has 30 heavy (non-hydrogen) atoms. The SMILES string of the molecule is CC(C)Oc1ccc(Nc2nccc(C(=O)Nc3cccc4cccnc34)n2)cc1. The standard InChI is InChI=1S/C23H21N5O2/c1-15(2)30-18-10-8-17(9-11-18)26-23-25-14-12-20(28-23)22(29)27-19-7-3-5-16-6-4-13-24-21(16)19/h3-15H,1-2H3,(H,27,29)(H,25,26,28).